The highest BCUT2D eigenvalue weighted by atomic mass is 15.1. The first kappa shape index (κ1) is 25.6. The zero-order valence-electron chi connectivity index (χ0n) is 25.8. The zero-order valence-corrected chi connectivity index (χ0v) is 25.8. The maximum Gasteiger partial charge on any atom is 0.156 e. The molecular weight excluding hydrogens is 585 g/mol. The van der Waals surface area contributed by atoms with Crippen molar-refractivity contribution in [2.45, 2.75) is 0 Å². The molecule has 0 spiro atoms. The summed E-state index contributed by atoms with van der Waals surface area (Å²) in [5.74, 6) is 0.811. The highest BCUT2D eigenvalue weighted by Crippen LogP contribution is 2.41. The third-order valence-corrected chi connectivity index (χ3v) is 10.1. The first-order valence-electron chi connectivity index (χ1n) is 16.3. The molecule has 0 aliphatic carbocycles. The van der Waals surface area contributed by atoms with Crippen molar-refractivity contribution in [3.63, 3.8) is 0 Å². The number of fused-ring (bicyclic) bond motifs is 13. The minimum absolute atomic E-state index is 0.811. The van der Waals surface area contributed by atoms with E-state index in [1.807, 2.05) is 6.20 Å². The van der Waals surface area contributed by atoms with Gasteiger partial charge in [0, 0.05) is 37.7 Å². The van der Waals surface area contributed by atoms with Gasteiger partial charge >= 0.3 is 0 Å². The molecule has 0 radical (unpaired) electrons. The molecular formula is C44H26N4. The van der Waals surface area contributed by atoms with Crippen LogP contribution in [0.1, 0.15) is 0 Å². The molecule has 0 amide bonds. The number of para-hydroxylation sites is 2. The van der Waals surface area contributed by atoms with Crippen LogP contribution in [0.15, 0.2) is 158 Å². The second kappa shape index (κ2) is 9.50. The molecule has 4 nitrogen and oxygen atoms in total. The Morgan fingerprint density at radius 3 is 1.54 bits per heavy atom. The minimum Gasteiger partial charge on any atom is -0.309 e. The highest BCUT2D eigenvalue weighted by Gasteiger charge is 2.20. The lowest BCUT2D eigenvalue weighted by molar-refractivity contribution is 1.08. The van der Waals surface area contributed by atoms with E-state index in [-0.39, 0.29) is 0 Å². The minimum atomic E-state index is 0.811. The molecule has 0 bridgehead atoms. The van der Waals surface area contributed by atoms with Gasteiger partial charge in [-0.2, -0.15) is 0 Å². The molecule has 0 atom stereocenters. The maximum absolute atomic E-state index is 5.42. The van der Waals surface area contributed by atoms with Crippen molar-refractivity contribution in [2.75, 3.05) is 0 Å². The van der Waals surface area contributed by atoms with Crippen LogP contribution >= 0.6 is 0 Å². The monoisotopic (exact) mass is 610 g/mol. The molecule has 0 fully saturated rings. The summed E-state index contributed by atoms with van der Waals surface area (Å²) < 4.78 is 4.73. The molecule has 8 aromatic carbocycles. The van der Waals surface area contributed by atoms with Crippen molar-refractivity contribution in [3.8, 4) is 11.5 Å². The lowest BCUT2D eigenvalue weighted by Crippen LogP contribution is -2.00. The average molecular weight is 611 g/mol. The molecule has 0 unspecified atom stereocenters. The van der Waals surface area contributed by atoms with Gasteiger partial charge in [-0.1, -0.05) is 121 Å². The quantitative estimate of drug-likeness (QED) is 0.183. The van der Waals surface area contributed by atoms with Gasteiger partial charge in [-0.15, -0.1) is 0 Å². The van der Waals surface area contributed by atoms with E-state index in [2.05, 4.69) is 161 Å². The summed E-state index contributed by atoms with van der Waals surface area (Å²) in [4.78, 5) is 10.5. The van der Waals surface area contributed by atoms with Gasteiger partial charge in [-0.3, -0.25) is 9.55 Å². The van der Waals surface area contributed by atoms with E-state index >= 15 is 0 Å². The molecule has 3 aromatic heterocycles. The van der Waals surface area contributed by atoms with Crippen LogP contribution in [0.5, 0.6) is 0 Å². The molecule has 0 aliphatic heterocycles. The summed E-state index contributed by atoms with van der Waals surface area (Å²) in [5, 5.41) is 11.9. The van der Waals surface area contributed by atoms with Crippen LogP contribution in [0.3, 0.4) is 0 Å². The van der Waals surface area contributed by atoms with Gasteiger partial charge < -0.3 is 4.57 Å². The van der Waals surface area contributed by atoms with Crippen molar-refractivity contribution >= 4 is 87.0 Å². The van der Waals surface area contributed by atoms with Crippen LogP contribution in [0, 0.1) is 0 Å². The van der Waals surface area contributed by atoms with Gasteiger partial charge in [0.2, 0.25) is 0 Å². The Hall–Kier alpha value is -6.52. The Morgan fingerprint density at radius 1 is 0.354 bits per heavy atom. The van der Waals surface area contributed by atoms with Gasteiger partial charge in [0.1, 0.15) is 0 Å². The van der Waals surface area contributed by atoms with Crippen molar-refractivity contribution in [2.24, 2.45) is 0 Å². The third kappa shape index (κ3) is 3.38. The van der Waals surface area contributed by atoms with E-state index in [9.17, 15) is 0 Å². The van der Waals surface area contributed by atoms with Gasteiger partial charge in [0.15, 0.2) is 5.82 Å². The van der Waals surface area contributed by atoms with Crippen molar-refractivity contribution < 1.29 is 0 Å². The second-order valence-corrected chi connectivity index (χ2v) is 12.6. The van der Waals surface area contributed by atoms with Crippen LogP contribution in [-0.2, 0) is 0 Å². The number of hydrogen-bond donors (Lipinski definition) is 0. The van der Waals surface area contributed by atoms with E-state index in [1.165, 1.54) is 59.8 Å². The SMILES string of the molecule is c1ccc2c(-n3c4ccccc4c4cc5c(cc43)c3ccccc3n5-c3cnc4c5ccccc5c5ccccc5c4n3)cccc2c1. The van der Waals surface area contributed by atoms with E-state index in [0.29, 0.717) is 0 Å². The average Bonchev–Trinajstić information content (AvgIpc) is 3.65. The second-order valence-electron chi connectivity index (χ2n) is 12.6. The molecule has 0 N–H and O–H groups in total. The first-order valence-corrected chi connectivity index (χ1v) is 16.3. The van der Waals surface area contributed by atoms with E-state index in [1.54, 1.807) is 0 Å². The Balaban J connectivity index is 1.27. The summed E-state index contributed by atoms with van der Waals surface area (Å²) in [5.41, 5.74) is 7.63. The van der Waals surface area contributed by atoms with Crippen molar-refractivity contribution in [3.05, 3.63) is 158 Å². The zero-order chi connectivity index (χ0) is 31.3. The highest BCUT2D eigenvalue weighted by molar-refractivity contribution is 6.23. The predicted octanol–water partition coefficient (Wildman–Crippen LogP) is 11.3. The Kier molecular flexibility index (Phi) is 5.08. The van der Waals surface area contributed by atoms with Crippen molar-refractivity contribution in [1.82, 2.24) is 19.1 Å². The summed E-state index contributed by atoms with van der Waals surface area (Å²) in [6.07, 6.45) is 1.94. The van der Waals surface area contributed by atoms with Crippen LogP contribution in [0.2, 0.25) is 0 Å². The van der Waals surface area contributed by atoms with E-state index in [4.69, 9.17) is 9.97 Å². The molecule has 222 valence electrons. The standard InChI is InChI=1S/C44H26N4/c1-2-14-28-27(12-1)13-11-23-37(28)47-38-21-9-7-17-31(38)35-25-41-36(24-40(35)47)32-18-8-10-22-39(32)48(41)42-26-45-43-33-19-5-3-15-29(33)30-16-4-6-20-34(30)44(43)46-42/h1-26H. The molecule has 0 aliphatic rings. The molecule has 0 saturated carbocycles. The number of nitrogens with zero attached hydrogens (tertiary/aromatic N) is 4. The lowest BCUT2D eigenvalue weighted by Gasteiger charge is -2.12. The topological polar surface area (TPSA) is 35.6 Å². The van der Waals surface area contributed by atoms with Crippen LogP contribution < -0.4 is 0 Å². The number of aromatic nitrogens is 4. The lowest BCUT2D eigenvalue weighted by atomic mass is 10.00. The molecule has 3 heterocycles. The number of rotatable bonds is 2. The Labute approximate surface area is 274 Å². The van der Waals surface area contributed by atoms with E-state index in [0.717, 1.165) is 38.7 Å². The predicted molar refractivity (Wildman–Crippen MR) is 201 cm³/mol. The van der Waals surface area contributed by atoms with Gasteiger partial charge in [-0.25, -0.2) is 4.98 Å². The Morgan fingerprint density at radius 2 is 0.854 bits per heavy atom. The number of hydrogen-bond acceptors (Lipinski definition) is 2. The van der Waals surface area contributed by atoms with Gasteiger partial charge in [0.25, 0.3) is 0 Å². The normalized spacial score (nSPS) is 12.2. The van der Waals surface area contributed by atoms with Crippen LogP contribution in [-0.4, -0.2) is 19.1 Å². The van der Waals surface area contributed by atoms with Crippen LogP contribution in [0.25, 0.3) is 98.5 Å². The fourth-order valence-corrected chi connectivity index (χ4v) is 8.06. The maximum atomic E-state index is 5.42. The van der Waals surface area contributed by atoms with E-state index < -0.39 is 0 Å². The molecule has 11 aromatic rings. The van der Waals surface area contributed by atoms with Gasteiger partial charge in [-0.05, 0) is 46.5 Å². The largest absolute Gasteiger partial charge is 0.309 e. The molecule has 4 heteroatoms. The fourth-order valence-electron chi connectivity index (χ4n) is 8.06. The smallest absolute Gasteiger partial charge is 0.156 e. The molecule has 11 rings (SSSR count). The number of benzene rings is 8. The third-order valence-electron chi connectivity index (χ3n) is 10.1. The molecule has 48 heavy (non-hydrogen) atoms. The first-order chi connectivity index (χ1) is 23.8. The van der Waals surface area contributed by atoms with Crippen LogP contribution in [0.4, 0.5) is 0 Å². The summed E-state index contributed by atoms with van der Waals surface area (Å²) in [6.45, 7) is 0. The van der Waals surface area contributed by atoms with Gasteiger partial charge in [0.05, 0.1) is 45.0 Å². The summed E-state index contributed by atoms with van der Waals surface area (Å²) >= 11 is 0. The summed E-state index contributed by atoms with van der Waals surface area (Å²) in [7, 11) is 0. The summed E-state index contributed by atoms with van der Waals surface area (Å²) in [6, 6.07) is 54.4. The fraction of sp³-hybridized carbons (Fsp3) is 0. The van der Waals surface area contributed by atoms with Crippen molar-refractivity contribution in [1.29, 1.82) is 0 Å². The molecule has 0 saturated heterocycles. The Bertz CT molecular complexity index is 3090.